The number of amides is 1. The van der Waals surface area contributed by atoms with Crippen molar-refractivity contribution >= 4 is 28.3 Å². The first-order valence-corrected chi connectivity index (χ1v) is 7.62. The summed E-state index contributed by atoms with van der Waals surface area (Å²) in [4.78, 5) is 27.9. The van der Waals surface area contributed by atoms with Crippen LogP contribution in [0.3, 0.4) is 0 Å². The molecule has 0 saturated carbocycles. The van der Waals surface area contributed by atoms with E-state index in [4.69, 9.17) is 14.2 Å². The predicted octanol–water partition coefficient (Wildman–Crippen LogP) is 2.59. The lowest BCUT2D eigenvalue weighted by molar-refractivity contribution is 0.0520. The van der Waals surface area contributed by atoms with Gasteiger partial charge >= 0.3 is 5.97 Å². The number of hydrogen-bond donors (Lipinski definition) is 1. The van der Waals surface area contributed by atoms with E-state index < -0.39 is 5.97 Å². The maximum absolute atomic E-state index is 12.3. The lowest BCUT2D eigenvalue weighted by atomic mass is 10.2. The molecule has 0 aliphatic rings. The molecule has 122 valence electrons. The van der Waals surface area contributed by atoms with Gasteiger partial charge in [0, 0.05) is 17.0 Å². The quantitative estimate of drug-likeness (QED) is 0.816. The van der Waals surface area contributed by atoms with E-state index in [1.165, 1.54) is 19.6 Å². The molecular weight excluding hydrogens is 320 g/mol. The van der Waals surface area contributed by atoms with Crippen LogP contribution in [0.15, 0.2) is 23.6 Å². The van der Waals surface area contributed by atoms with Crippen LogP contribution in [-0.4, -0.2) is 37.7 Å². The van der Waals surface area contributed by atoms with Gasteiger partial charge in [-0.05, 0) is 19.1 Å². The summed E-state index contributed by atoms with van der Waals surface area (Å²) >= 11 is 1.14. The summed E-state index contributed by atoms with van der Waals surface area (Å²) in [5, 5.41) is 4.46. The van der Waals surface area contributed by atoms with Crippen molar-refractivity contribution in [3.8, 4) is 11.5 Å². The van der Waals surface area contributed by atoms with Crippen molar-refractivity contribution in [2.24, 2.45) is 0 Å². The summed E-state index contributed by atoms with van der Waals surface area (Å²) in [6, 6.07) is 4.83. The van der Waals surface area contributed by atoms with Crippen molar-refractivity contribution < 1.29 is 23.8 Å². The SMILES string of the molecule is CCOC(=O)c1csc(NC(=O)c2cc(OC)cc(OC)c2)n1. The molecule has 1 aromatic carbocycles. The number of nitrogens with one attached hydrogen (secondary N) is 1. The highest BCUT2D eigenvalue weighted by atomic mass is 32.1. The highest BCUT2D eigenvalue weighted by molar-refractivity contribution is 7.14. The van der Waals surface area contributed by atoms with Gasteiger partial charge in [-0.3, -0.25) is 10.1 Å². The van der Waals surface area contributed by atoms with Crippen LogP contribution in [0.5, 0.6) is 11.5 Å². The third-order valence-corrected chi connectivity index (χ3v) is 3.58. The fraction of sp³-hybridized carbons (Fsp3) is 0.267. The maximum Gasteiger partial charge on any atom is 0.357 e. The summed E-state index contributed by atoms with van der Waals surface area (Å²) in [5.74, 6) is 0.0981. The minimum Gasteiger partial charge on any atom is -0.497 e. The van der Waals surface area contributed by atoms with Gasteiger partial charge in [0.1, 0.15) is 11.5 Å². The van der Waals surface area contributed by atoms with E-state index in [1.54, 1.807) is 25.1 Å². The van der Waals surface area contributed by atoms with Crippen molar-refractivity contribution in [3.05, 3.63) is 34.8 Å². The number of nitrogens with zero attached hydrogens (tertiary/aromatic N) is 1. The Morgan fingerprint density at radius 3 is 2.39 bits per heavy atom. The summed E-state index contributed by atoms with van der Waals surface area (Å²) in [7, 11) is 3.01. The zero-order chi connectivity index (χ0) is 16.8. The monoisotopic (exact) mass is 336 g/mol. The first-order valence-electron chi connectivity index (χ1n) is 6.74. The topological polar surface area (TPSA) is 86.8 Å². The molecule has 0 radical (unpaired) electrons. The maximum atomic E-state index is 12.3. The number of thiazole rings is 1. The largest absolute Gasteiger partial charge is 0.497 e. The van der Waals surface area contributed by atoms with Gasteiger partial charge in [-0.1, -0.05) is 0 Å². The lowest BCUT2D eigenvalue weighted by Crippen LogP contribution is -2.12. The summed E-state index contributed by atoms with van der Waals surface area (Å²) in [5.41, 5.74) is 0.518. The Labute approximate surface area is 137 Å². The number of aromatic nitrogens is 1. The van der Waals surface area contributed by atoms with Crippen molar-refractivity contribution in [2.75, 3.05) is 26.1 Å². The molecule has 0 saturated heterocycles. The molecule has 0 aliphatic carbocycles. The Morgan fingerprint density at radius 2 is 1.83 bits per heavy atom. The zero-order valence-corrected chi connectivity index (χ0v) is 13.7. The molecule has 0 spiro atoms. The van der Waals surface area contributed by atoms with Crippen LogP contribution < -0.4 is 14.8 Å². The van der Waals surface area contributed by atoms with Crippen molar-refractivity contribution in [2.45, 2.75) is 6.92 Å². The summed E-state index contributed by atoms with van der Waals surface area (Å²) in [6.07, 6.45) is 0. The van der Waals surface area contributed by atoms with Crippen LogP contribution in [0, 0.1) is 0 Å². The normalized spacial score (nSPS) is 10.0. The first kappa shape index (κ1) is 16.8. The molecule has 1 aromatic heterocycles. The van der Waals surface area contributed by atoms with E-state index >= 15 is 0 Å². The molecule has 1 amide bonds. The number of benzene rings is 1. The highest BCUT2D eigenvalue weighted by Crippen LogP contribution is 2.24. The molecule has 0 fully saturated rings. The van der Waals surface area contributed by atoms with Crippen LogP contribution >= 0.6 is 11.3 Å². The van der Waals surface area contributed by atoms with Crippen LogP contribution in [0.25, 0.3) is 0 Å². The minimum absolute atomic E-state index is 0.162. The second-order valence-corrected chi connectivity index (χ2v) is 5.17. The van der Waals surface area contributed by atoms with E-state index in [0.29, 0.717) is 22.2 Å². The van der Waals surface area contributed by atoms with E-state index in [-0.39, 0.29) is 18.2 Å². The molecule has 8 heteroatoms. The summed E-state index contributed by atoms with van der Waals surface area (Å²) < 4.78 is 15.1. The van der Waals surface area contributed by atoms with E-state index in [9.17, 15) is 9.59 Å². The number of methoxy groups -OCH3 is 2. The molecule has 7 nitrogen and oxygen atoms in total. The fourth-order valence-corrected chi connectivity index (χ4v) is 2.41. The molecule has 0 aliphatic heterocycles. The van der Waals surface area contributed by atoms with E-state index in [1.807, 2.05) is 0 Å². The van der Waals surface area contributed by atoms with Gasteiger partial charge in [-0.15, -0.1) is 11.3 Å². The number of esters is 1. The molecule has 1 heterocycles. The predicted molar refractivity (Wildman–Crippen MR) is 85.6 cm³/mol. The average molecular weight is 336 g/mol. The lowest BCUT2D eigenvalue weighted by Gasteiger charge is -2.08. The van der Waals surface area contributed by atoms with E-state index in [2.05, 4.69) is 10.3 Å². The average Bonchev–Trinajstić information content (AvgIpc) is 3.03. The van der Waals surface area contributed by atoms with Gasteiger partial charge in [0.15, 0.2) is 10.8 Å². The van der Waals surface area contributed by atoms with Gasteiger partial charge in [-0.2, -0.15) is 0 Å². The Hall–Kier alpha value is -2.61. The van der Waals surface area contributed by atoms with Gasteiger partial charge < -0.3 is 14.2 Å². The van der Waals surface area contributed by atoms with Crippen LogP contribution in [0.1, 0.15) is 27.8 Å². The molecule has 0 unspecified atom stereocenters. The Bertz CT molecular complexity index is 691. The second kappa shape index (κ2) is 7.59. The number of hydrogen-bond acceptors (Lipinski definition) is 7. The molecule has 2 aromatic rings. The molecule has 2 rings (SSSR count). The number of carbonyl (C=O) groups is 2. The molecule has 23 heavy (non-hydrogen) atoms. The first-order chi connectivity index (χ1) is 11.1. The highest BCUT2D eigenvalue weighted by Gasteiger charge is 2.15. The fourth-order valence-electron chi connectivity index (χ4n) is 1.74. The Balaban J connectivity index is 2.14. The third kappa shape index (κ3) is 4.19. The molecule has 0 bridgehead atoms. The minimum atomic E-state index is -0.521. The van der Waals surface area contributed by atoms with Gasteiger partial charge in [0.05, 0.1) is 20.8 Å². The third-order valence-electron chi connectivity index (χ3n) is 2.82. The van der Waals surface area contributed by atoms with Crippen LogP contribution in [0.2, 0.25) is 0 Å². The van der Waals surface area contributed by atoms with Crippen LogP contribution in [-0.2, 0) is 4.74 Å². The van der Waals surface area contributed by atoms with Crippen LogP contribution in [0.4, 0.5) is 5.13 Å². The van der Waals surface area contributed by atoms with Gasteiger partial charge in [-0.25, -0.2) is 9.78 Å². The van der Waals surface area contributed by atoms with Crippen molar-refractivity contribution in [1.29, 1.82) is 0 Å². The second-order valence-electron chi connectivity index (χ2n) is 4.31. The molecule has 1 N–H and O–H groups in total. The van der Waals surface area contributed by atoms with E-state index in [0.717, 1.165) is 11.3 Å². The molecular formula is C15H16N2O5S. The molecule has 0 atom stereocenters. The number of rotatable bonds is 6. The number of ether oxygens (including phenoxy) is 3. The van der Waals surface area contributed by atoms with Crippen molar-refractivity contribution in [1.82, 2.24) is 4.98 Å². The zero-order valence-electron chi connectivity index (χ0n) is 12.9. The van der Waals surface area contributed by atoms with Gasteiger partial charge in [0.25, 0.3) is 5.91 Å². The Kier molecular flexibility index (Phi) is 5.53. The standard InChI is InChI=1S/C15H16N2O5S/c1-4-22-14(19)12-8-23-15(16-12)17-13(18)9-5-10(20-2)7-11(6-9)21-3/h5-8H,4H2,1-3H3,(H,16,17,18). The Morgan fingerprint density at radius 1 is 1.17 bits per heavy atom. The summed E-state index contributed by atoms with van der Waals surface area (Å²) in [6.45, 7) is 1.98. The number of carbonyl (C=O) groups excluding carboxylic acids is 2. The van der Waals surface area contributed by atoms with Crippen molar-refractivity contribution in [3.63, 3.8) is 0 Å². The number of anilines is 1. The smallest absolute Gasteiger partial charge is 0.357 e. The van der Waals surface area contributed by atoms with Gasteiger partial charge in [0.2, 0.25) is 0 Å².